The number of hydrogen-bond acceptors (Lipinski definition) is 2. The molecule has 0 aliphatic heterocycles. The van der Waals surface area contributed by atoms with E-state index in [1.165, 1.54) is 23.0 Å². The summed E-state index contributed by atoms with van der Waals surface area (Å²) in [6.45, 7) is -0.809. The molecule has 0 unspecified atom stereocenters. The predicted octanol–water partition coefficient (Wildman–Crippen LogP) is 1.80. The van der Waals surface area contributed by atoms with E-state index in [4.69, 9.17) is 0 Å². The van der Waals surface area contributed by atoms with Crippen LogP contribution in [-0.2, 0) is 6.54 Å². The second-order valence-electron chi connectivity index (χ2n) is 3.70. The third-order valence-corrected chi connectivity index (χ3v) is 2.42. The molecule has 0 N–H and O–H groups in total. The monoisotopic (exact) mass is 239 g/mol. The van der Waals surface area contributed by atoms with Gasteiger partial charge in [-0.2, -0.15) is 8.78 Å². The van der Waals surface area contributed by atoms with Gasteiger partial charge in [0.25, 0.3) is 5.56 Å². The van der Waals surface area contributed by atoms with E-state index < -0.39 is 6.55 Å². The number of nitrogens with zero attached hydrogens (tertiary/aromatic N) is 3. The third kappa shape index (κ3) is 2.41. The molecule has 0 radical (unpaired) electrons. The molecule has 0 bridgehead atoms. The normalized spacial score (nSPS) is 11.1. The third-order valence-electron chi connectivity index (χ3n) is 2.42. The molecule has 90 valence electrons. The zero-order valence-electron chi connectivity index (χ0n) is 9.18. The highest BCUT2D eigenvalue weighted by atomic mass is 19.3. The highest BCUT2D eigenvalue weighted by molar-refractivity contribution is 5.09. The first kappa shape index (κ1) is 11.5. The first-order valence-corrected chi connectivity index (χ1v) is 5.05. The lowest BCUT2D eigenvalue weighted by Crippen LogP contribution is -2.21. The Bertz CT molecular complexity index is 574. The van der Waals surface area contributed by atoms with Crippen molar-refractivity contribution < 1.29 is 8.78 Å². The van der Waals surface area contributed by atoms with Crippen molar-refractivity contribution in [2.24, 2.45) is 0 Å². The standard InChI is InChI=1S/C11H11F2N3O/c1-8-2-4-15(10(17)6-8)7-9-14-3-5-16(9)11(12)13/h2-6,11H,7H2,1H3. The molecule has 2 aromatic rings. The summed E-state index contributed by atoms with van der Waals surface area (Å²) in [7, 11) is 0. The Balaban J connectivity index is 2.32. The van der Waals surface area contributed by atoms with Crippen LogP contribution < -0.4 is 5.56 Å². The van der Waals surface area contributed by atoms with Crippen molar-refractivity contribution >= 4 is 0 Å². The summed E-state index contributed by atoms with van der Waals surface area (Å²) in [5.74, 6) is 0.158. The fourth-order valence-electron chi connectivity index (χ4n) is 1.53. The molecule has 0 aromatic carbocycles. The highest BCUT2D eigenvalue weighted by Gasteiger charge is 2.11. The van der Waals surface area contributed by atoms with Crippen LogP contribution in [0.2, 0.25) is 0 Å². The summed E-state index contributed by atoms with van der Waals surface area (Å²) in [5.41, 5.74) is 0.609. The van der Waals surface area contributed by atoms with Crippen molar-refractivity contribution in [1.82, 2.24) is 14.1 Å². The first-order chi connectivity index (χ1) is 8.08. The van der Waals surface area contributed by atoms with E-state index in [0.717, 1.165) is 10.1 Å². The fraction of sp³-hybridized carbons (Fsp3) is 0.273. The largest absolute Gasteiger partial charge is 0.319 e. The minimum absolute atomic E-state index is 0.0381. The topological polar surface area (TPSA) is 39.8 Å². The van der Waals surface area contributed by atoms with Gasteiger partial charge >= 0.3 is 6.55 Å². The van der Waals surface area contributed by atoms with Gasteiger partial charge in [-0.1, -0.05) is 0 Å². The lowest BCUT2D eigenvalue weighted by atomic mass is 10.3. The SMILES string of the molecule is Cc1ccn(Cc2nccn2C(F)F)c(=O)c1. The van der Waals surface area contributed by atoms with E-state index in [1.54, 1.807) is 19.2 Å². The Kier molecular flexibility index (Phi) is 3.03. The first-order valence-electron chi connectivity index (χ1n) is 5.05. The summed E-state index contributed by atoms with van der Waals surface area (Å²) in [4.78, 5) is 15.4. The van der Waals surface area contributed by atoms with E-state index >= 15 is 0 Å². The molecule has 0 atom stereocenters. The molecular weight excluding hydrogens is 228 g/mol. The van der Waals surface area contributed by atoms with Gasteiger partial charge in [-0.15, -0.1) is 0 Å². The van der Waals surface area contributed by atoms with Gasteiger partial charge in [-0.3, -0.25) is 9.36 Å². The van der Waals surface area contributed by atoms with Gasteiger partial charge in [0.05, 0.1) is 6.54 Å². The second-order valence-corrected chi connectivity index (χ2v) is 3.70. The van der Waals surface area contributed by atoms with Gasteiger partial charge in [0.15, 0.2) is 0 Å². The van der Waals surface area contributed by atoms with E-state index in [2.05, 4.69) is 4.98 Å². The van der Waals surface area contributed by atoms with Crippen molar-refractivity contribution in [2.75, 3.05) is 0 Å². The lowest BCUT2D eigenvalue weighted by molar-refractivity contribution is 0.0666. The Morgan fingerprint density at radius 3 is 2.82 bits per heavy atom. The molecule has 0 amide bonds. The Hall–Kier alpha value is -1.98. The van der Waals surface area contributed by atoms with Crippen LogP contribution in [0, 0.1) is 6.92 Å². The zero-order valence-corrected chi connectivity index (χ0v) is 9.18. The van der Waals surface area contributed by atoms with E-state index in [0.29, 0.717) is 0 Å². The predicted molar refractivity (Wildman–Crippen MR) is 58.0 cm³/mol. The minimum atomic E-state index is -2.64. The molecule has 0 saturated heterocycles. The summed E-state index contributed by atoms with van der Waals surface area (Å²) in [6.07, 6.45) is 4.06. The fourth-order valence-corrected chi connectivity index (χ4v) is 1.53. The van der Waals surface area contributed by atoms with Crippen LogP contribution in [-0.4, -0.2) is 14.1 Å². The van der Waals surface area contributed by atoms with Crippen molar-refractivity contribution in [3.05, 3.63) is 52.5 Å². The van der Waals surface area contributed by atoms with Crippen molar-refractivity contribution in [1.29, 1.82) is 0 Å². The minimum Gasteiger partial charge on any atom is -0.308 e. The van der Waals surface area contributed by atoms with Gasteiger partial charge in [0, 0.05) is 24.7 Å². The van der Waals surface area contributed by atoms with Crippen LogP contribution >= 0.6 is 0 Å². The summed E-state index contributed by atoms with van der Waals surface area (Å²) in [6, 6.07) is 3.20. The van der Waals surface area contributed by atoms with Gasteiger partial charge in [-0.05, 0) is 18.6 Å². The molecular formula is C11H11F2N3O. The van der Waals surface area contributed by atoms with Gasteiger partial charge in [0.2, 0.25) is 0 Å². The van der Waals surface area contributed by atoms with Crippen LogP contribution in [0.15, 0.2) is 35.5 Å². The van der Waals surface area contributed by atoms with Crippen LogP contribution in [0.1, 0.15) is 17.9 Å². The number of halogens is 2. The van der Waals surface area contributed by atoms with Gasteiger partial charge in [0.1, 0.15) is 5.82 Å². The lowest BCUT2D eigenvalue weighted by Gasteiger charge is -2.08. The number of alkyl halides is 2. The number of aromatic nitrogens is 3. The molecule has 6 heteroatoms. The smallest absolute Gasteiger partial charge is 0.308 e. The number of pyridine rings is 1. The number of aryl methyl sites for hydroxylation is 1. The van der Waals surface area contributed by atoms with Crippen LogP contribution in [0.5, 0.6) is 0 Å². The summed E-state index contributed by atoms with van der Waals surface area (Å²) in [5, 5.41) is 0. The van der Waals surface area contributed by atoms with Crippen molar-refractivity contribution in [3.63, 3.8) is 0 Å². The number of rotatable bonds is 3. The number of imidazole rings is 1. The highest BCUT2D eigenvalue weighted by Crippen LogP contribution is 2.12. The van der Waals surface area contributed by atoms with Crippen LogP contribution in [0.3, 0.4) is 0 Å². The molecule has 0 aliphatic carbocycles. The molecule has 0 fully saturated rings. The molecule has 2 rings (SSSR count). The average molecular weight is 239 g/mol. The zero-order chi connectivity index (χ0) is 12.4. The average Bonchev–Trinajstić information content (AvgIpc) is 2.70. The number of hydrogen-bond donors (Lipinski definition) is 0. The van der Waals surface area contributed by atoms with E-state index in [-0.39, 0.29) is 17.9 Å². The Labute approximate surface area is 96.1 Å². The van der Waals surface area contributed by atoms with E-state index in [1.807, 2.05) is 0 Å². The quantitative estimate of drug-likeness (QED) is 0.819. The molecule has 4 nitrogen and oxygen atoms in total. The summed E-state index contributed by atoms with van der Waals surface area (Å²) < 4.78 is 27.2. The van der Waals surface area contributed by atoms with Crippen LogP contribution in [0.4, 0.5) is 8.78 Å². The van der Waals surface area contributed by atoms with Crippen LogP contribution in [0.25, 0.3) is 0 Å². The molecule has 0 spiro atoms. The van der Waals surface area contributed by atoms with Crippen molar-refractivity contribution in [3.8, 4) is 0 Å². The van der Waals surface area contributed by atoms with Gasteiger partial charge in [-0.25, -0.2) is 4.98 Å². The molecule has 0 saturated carbocycles. The van der Waals surface area contributed by atoms with E-state index in [9.17, 15) is 13.6 Å². The molecule has 2 aromatic heterocycles. The van der Waals surface area contributed by atoms with Crippen molar-refractivity contribution in [2.45, 2.75) is 20.0 Å². The molecule has 0 aliphatic rings. The second kappa shape index (κ2) is 4.48. The maximum absolute atomic E-state index is 12.6. The molecule has 17 heavy (non-hydrogen) atoms. The summed E-state index contributed by atoms with van der Waals surface area (Å²) >= 11 is 0. The Morgan fingerprint density at radius 2 is 2.18 bits per heavy atom. The maximum atomic E-state index is 12.6. The van der Waals surface area contributed by atoms with Gasteiger partial charge < -0.3 is 4.57 Å². The Morgan fingerprint density at radius 1 is 1.41 bits per heavy atom. The maximum Gasteiger partial charge on any atom is 0.319 e. The molecule has 2 heterocycles.